The van der Waals surface area contributed by atoms with Gasteiger partial charge in [0.2, 0.25) is 0 Å². The molecule has 0 spiro atoms. The molecule has 4 rings (SSSR count). The summed E-state index contributed by atoms with van der Waals surface area (Å²) < 4.78 is 6.23. The third-order valence-electron chi connectivity index (χ3n) is 8.31. The molecule has 0 fully saturated rings. The summed E-state index contributed by atoms with van der Waals surface area (Å²) in [4.78, 5) is 15.3. The minimum absolute atomic E-state index is 0.437. The molecule has 1 aliphatic rings. The van der Waals surface area contributed by atoms with E-state index in [-0.39, 0.29) is 0 Å². The van der Waals surface area contributed by atoms with Gasteiger partial charge >= 0.3 is 5.97 Å². The van der Waals surface area contributed by atoms with Gasteiger partial charge in [-0.1, -0.05) is 67.1 Å². The molecule has 1 aliphatic heterocycles. The number of carbonyl (C=O) groups is 1. The number of aryl methyl sites for hydroxylation is 1. The highest BCUT2D eigenvalue weighted by atomic mass is 16.5. The Morgan fingerprint density at radius 2 is 1.59 bits per heavy atom. The number of rotatable bonds is 8. The van der Waals surface area contributed by atoms with Crippen molar-refractivity contribution in [3.05, 3.63) is 93.5 Å². The van der Waals surface area contributed by atoms with Gasteiger partial charge in [-0.25, -0.2) is 4.79 Å². The molecular formula is C35H45NO3. The molecule has 0 aromatic heterocycles. The summed E-state index contributed by atoms with van der Waals surface area (Å²) in [6.07, 6.45) is 0.976. The Morgan fingerprint density at radius 1 is 0.949 bits per heavy atom. The van der Waals surface area contributed by atoms with Gasteiger partial charge in [-0.05, 0) is 106 Å². The summed E-state index contributed by atoms with van der Waals surface area (Å²) in [5.74, 6) is -0.455. The van der Waals surface area contributed by atoms with Crippen molar-refractivity contribution in [3.8, 4) is 11.1 Å². The fourth-order valence-corrected chi connectivity index (χ4v) is 6.21. The van der Waals surface area contributed by atoms with Gasteiger partial charge in [0.25, 0.3) is 0 Å². The number of ether oxygens (including phenoxy) is 1. The molecule has 1 heterocycles. The molecule has 0 saturated heterocycles. The van der Waals surface area contributed by atoms with E-state index in [4.69, 9.17) is 4.74 Å². The average Bonchev–Trinajstić information content (AvgIpc) is 2.89. The molecule has 39 heavy (non-hydrogen) atoms. The molecule has 3 aromatic rings. The lowest BCUT2D eigenvalue weighted by Gasteiger charge is -2.38. The third-order valence-corrected chi connectivity index (χ3v) is 8.31. The maximum absolute atomic E-state index is 12.7. The van der Waals surface area contributed by atoms with Crippen LogP contribution in [0.1, 0.15) is 92.0 Å². The van der Waals surface area contributed by atoms with Gasteiger partial charge in [-0.2, -0.15) is 0 Å². The van der Waals surface area contributed by atoms with Gasteiger partial charge in [0.05, 0.1) is 5.60 Å². The predicted octanol–water partition coefficient (Wildman–Crippen LogP) is 8.16. The van der Waals surface area contributed by atoms with Gasteiger partial charge in [0, 0.05) is 24.7 Å². The molecule has 0 amide bonds. The zero-order valence-electron chi connectivity index (χ0n) is 25.0. The standard InChI is InChI=1S/C35H45NO3/c1-22-14-16-28(17-15-22)31-26(5)30-21-36(24(3)20-23(2)27-12-10-9-11-13-27)19-18-29(30)25(4)32(31)33(34(37)38)39-35(6,7)8/h9-17,23-24,33H,18-21H2,1-8H3,(H,37,38)/t23?,24?,33-/m0/s1. The fraction of sp³-hybridized carbons (Fsp3) is 0.457. The summed E-state index contributed by atoms with van der Waals surface area (Å²) in [5.41, 5.74) is 9.71. The van der Waals surface area contributed by atoms with Crippen LogP contribution in [-0.4, -0.2) is 34.2 Å². The molecule has 4 nitrogen and oxygen atoms in total. The molecule has 0 radical (unpaired) electrons. The average molecular weight is 528 g/mol. The SMILES string of the molecule is Cc1ccc(-c2c(C)c3c(c(C)c2[C@H](OC(C)(C)C)C(=O)O)CCN(C(C)CC(C)c2ccccc2)C3)cc1. The molecule has 208 valence electrons. The van der Waals surface area contributed by atoms with Crippen molar-refractivity contribution in [1.82, 2.24) is 4.90 Å². The molecule has 0 aliphatic carbocycles. The van der Waals surface area contributed by atoms with Gasteiger partial charge in [-0.3, -0.25) is 4.90 Å². The normalized spacial score (nSPS) is 16.4. The molecule has 3 atom stereocenters. The molecule has 2 unspecified atom stereocenters. The Balaban J connectivity index is 1.77. The first kappa shape index (κ1) is 29.0. The fourth-order valence-electron chi connectivity index (χ4n) is 6.21. The van der Waals surface area contributed by atoms with Crippen LogP contribution in [0.3, 0.4) is 0 Å². The Labute approximate surface area is 235 Å². The Kier molecular flexibility index (Phi) is 8.68. The lowest BCUT2D eigenvalue weighted by Crippen LogP contribution is -2.39. The van der Waals surface area contributed by atoms with Crippen molar-refractivity contribution in [2.75, 3.05) is 6.54 Å². The minimum Gasteiger partial charge on any atom is -0.479 e. The van der Waals surface area contributed by atoms with Crippen LogP contribution in [-0.2, 0) is 22.5 Å². The number of fused-ring (bicyclic) bond motifs is 1. The number of benzene rings is 3. The zero-order valence-corrected chi connectivity index (χ0v) is 25.0. The van der Waals surface area contributed by atoms with Gasteiger partial charge in [0.1, 0.15) is 0 Å². The van der Waals surface area contributed by atoms with Crippen molar-refractivity contribution in [2.45, 2.75) is 98.4 Å². The summed E-state index contributed by atoms with van der Waals surface area (Å²) in [7, 11) is 0. The monoisotopic (exact) mass is 527 g/mol. The largest absolute Gasteiger partial charge is 0.479 e. The van der Waals surface area contributed by atoms with E-state index >= 15 is 0 Å². The highest BCUT2D eigenvalue weighted by Gasteiger charge is 2.35. The second-order valence-corrected chi connectivity index (χ2v) is 12.4. The first-order chi connectivity index (χ1) is 18.4. The maximum Gasteiger partial charge on any atom is 0.337 e. The Morgan fingerprint density at radius 3 is 2.18 bits per heavy atom. The molecule has 0 saturated carbocycles. The number of carboxylic acids is 1. The van der Waals surface area contributed by atoms with Crippen LogP contribution in [0.25, 0.3) is 11.1 Å². The van der Waals surface area contributed by atoms with Crippen LogP contribution in [0.15, 0.2) is 54.6 Å². The highest BCUT2D eigenvalue weighted by Crippen LogP contribution is 2.43. The Hall–Kier alpha value is -2.95. The van der Waals surface area contributed by atoms with Crippen molar-refractivity contribution < 1.29 is 14.6 Å². The summed E-state index contributed by atoms with van der Waals surface area (Å²) >= 11 is 0. The first-order valence-electron chi connectivity index (χ1n) is 14.3. The smallest absolute Gasteiger partial charge is 0.337 e. The third kappa shape index (κ3) is 6.45. The van der Waals surface area contributed by atoms with Crippen LogP contribution in [0.5, 0.6) is 0 Å². The van der Waals surface area contributed by atoms with E-state index in [2.05, 4.69) is 94.1 Å². The maximum atomic E-state index is 12.7. The number of hydrogen-bond acceptors (Lipinski definition) is 3. The number of hydrogen-bond donors (Lipinski definition) is 1. The lowest BCUT2D eigenvalue weighted by molar-refractivity contribution is -0.160. The zero-order chi connectivity index (χ0) is 28.5. The van der Waals surface area contributed by atoms with Crippen molar-refractivity contribution in [3.63, 3.8) is 0 Å². The summed E-state index contributed by atoms with van der Waals surface area (Å²) in [5, 5.41) is 10.4. The van der Waals surface area contributed by atoms with Gasteiger partial charge < -0.3 is 9.84 Å². The van der Waals surface area contributed by atoms with Gasteiger partial charge in [-0.15, -0.1) is 0 Å². The molecule has 4 heteroatoms. The van der Waals surface area contributed by atoms with E-state index in [1.165, 1.54) is 27.8 Å². The van der Waals surface area contributed by atoms with E-state index in [1.807, 2.05) is 20.8 Å². The summed E-state index contributed by atoms with van der Waals surface area (Å²) in [6, 6.07) is 19.7. The van der Waals surface area contributed by atoms with Crippen LogP contribution >= 0.6 is 0 Å². The molecule has 1 N–H and O–H groups in total. The quantitative estimate of drug-likeness (QED) is 0.321. The summed E-state index contributed by atoms with van der Waals surface area (Å²) in [6.45, 7) is 18.6. The van der Waals surface area contributed by atoms with E-state index in [9.17, 15) is 9.90 Å². The van der Waals surface area contributed by atoms with Crippen LogP contribution < -0.4 is 0 Å². The molecule has 3 aromatic carbocycles. The van der Waals surface area contributed by atoms with E-state index in [1.54, 1.807) is 0 Å². The van der Waals surface area contributed by atoms with Crippen LogP contribution in [0.4, 0.5) is 0 Å². The van der Waals surface area contributed by atoms with E-state index in [0.717, 1.165) is 48.2 Å². The molecular weight excluding hydrogens is 482 g/mol. The predicted molar refractivity (Wildman–Crippen MR) is 160 cm³/mol. The van der Waals surface area contributed by atoms with Crippen LogP contribution in [0.2, 0.25) is 0 Å². The van der Waals surface area contributed by atoms with Crippen molar-refractivity contribution in [2.24, 2.45) is 0 Å². The Bertz CT molecular complexity index is 1300. The second-order valence-electron chi connectivity index (χ2n) is 12.4. The van der Waals surface area contributed by atoms with Crippen molar-refractivity contribution in [1.29, 1.82) is 0 Å². The van der Waals surface area contributed by atoms with E-state index in [0.29, 0.717) is 12.0 Å². The first-order valence-corrected chi connectivity index (χ1v) is 14.3. The van der Waals surface area contributed by atoms with Crippen molar-refractivity contribution >= 4 is 5.97 Å². The highest BCUT2D eigenvalue weighted by molar-refractivity contribution is 5.84. The van der Waals surface area contributed by atoms with E-state index < -0.39 is 17.7 Å². The minimum atomic E-state index is -1.03. The van der Waals surface area contributed by atoms with Crippen LogP contribution in [0, 0.1) is 20.8 Å². The van der Waals surface area contributed by atoms with Gasteiger partial charge in [0.15, 0.2) is 6.10 Å². The topological polar surface area (TPSA) is 49.8 Å². The molecule has 0 bridgehead atoms. The number of carboxylic acid groups (broad SMARTS) is 1. The number of aliphatic carboxylic acids is 1. The number of nitrogens with zero attached hydrogens (tertiary/aromatic N) is 1. The second kappa shape index (κ2) is 11.7. The lowest BCUT2D eigenvalue weighted by atomic mass is 9.79.